The molecule has 0 radical (unpaired) electrons. The summed E-state index contributed by atoms with van der Waals surface area (Å²) in [5, 5.41) is 22.9. The number of nitro groups is 1. The van der Waals surface area contributed by atoms with Crippen LogP contribution in [0.4, 0.5) is 14.9 Å². The molecule has 0 bridgehead atoms. The van der Waals surface area contributed by atoms with Crippen LogP contribution in [0, 0.1) is 15.9 Å². The van der Waals surface area contributed by atoms with Crippen LogP contribution >= 0.6 is 0 Å². The highest BCUT2D eigenvalue weighted by molar-refractivity contribution is 5.79. The second-order valence-electron chi connectivity index (χ2n) is 7.57. The molecule has 3 aromatic carbocycles. The topological polar surface area (TPSA) is 102 Å². The molecule has 1 aliphatic rings. The van der Waals surface area contributed by atoms with Gasteiger partial charge >= 0.3 is 11.8 Å². The fourth-order valence-corrected chi connectivity index (χ4v) is 3.97. The molecular formula is C25H21FN2O5. The lowest BCUT2D eigenvalue weighted by atomic mass is 9.98. The summed E-state index contributed by atoms with van der Waals surface area (Å²) in [6.07, 6.45) is 2.98. The van der Waals surface area contributed by atoms with Gasteiger partial charge in [0, 0.05) is 18.5 Å². The number of alkyl carbamates (subject to hydrolysis) is 1. The number of hydrogen-bond acceptors (Lipinski definition) is 5. The number of ether oxygens (including phenoxy) is 1. The number of nitrogens with zero attached hydrogens (tertiary/aromatic N) is 1. The highest BCUT2D eigenvalue weighted by Gasteiger charge is 2.28. The van der Waals surface area contributed by atoms with Crippen molar-refractivity contribution in [3.05, 3.63) is 99.4 Å². The van der Waals surface area contributed by atoms with Gasteiger partial charge in [0.2, 0.25) is 5.75 Å². The predicted octanol–water partition coefficient (Wildman–Crippen LogP) is 5.38. The standard InChI is InChI=1S/C25H21FN2O5/c26-22-13-16(14-23(24(22)29)28(31)32)7-5-6-12-27-25(30)33-15-21-19-10-3-1-8-17(19)18-9-2-4-11-20(18)21/h1-5,7-11,13-14,21,29H,6,12,15H2,(H,27,30). The Labute approximate surface area is 189 Å². The molecule has 0 unspecified atom stereocenters. The van der Waals surface area contributed by atoms with Crippen LogP contribution in [0.2, 0.25) is 0 Å². The number of fused-ring (bicyclic) bond motifs is 3. The van der Waals surface area contributed by atoms with Gasteiger partial charge in [-0.25, -0.2) is 9.18 Å². The van der Waals surface area contributed by atoms with Gasteiger partial charge in [0.15, 0.2) is 5.82 Å². The number of hydrogen-bond donors (Lipinski definition) is 2. The van der Waals surface area contributed by atoms with E-state index < -0.39 is 28.3 Å². The molecule has 2 N–H and O–H groups in total. The van der Waals surface area contributed by atoms with E-state index in [9.17, 15) is 24.4 Å². The van der Waals surface area contributed by atoms with Crippen LogP contribution in [0.1, 0.15) is 29.0 Å². The van der Waals surface area contributed by atoms with Crippen LogP contribution in [0.5, 0.6) is 5.75 Å². The fraction of sp³-hybridized carbons (Fsp3) is 0.160. The molecule has 33 heavy (non-hydrogen) atoms. The van der Waals surface area contributed by atoms with E-state index in [0.717, 1.165) is 34.4 Å². The second kappa shape index (κ2) is 9.52. The SMILES string of the molecule is O=C(NCCC=Cc1cc(F)c(O)c([N+](=O)[O-])c1)OCC1c2ccccc2-c2ccccc21. The van der Waals surface area contributed by atoms with Crippen molar-refractivity contribution in [2.24, 2.45) is 0 Å². The van der Waals surface area contributed by atoms with Gasteiger partial charge in [0.25, 0.3) is 0 Å². The monoisotopic (exact) mass is 448 g/mol. The molecule has 168 valence electrons. The third kappa shape index (κ3) is 4.69. The van der Waals surface area contributed by atoms with Crippen molar-refractivity contribution in [2.45, 2.75) is 12.3 Å². The normalized spacial score (nSPS) is 12.4. The number of phenols is 1. The highest BCUT2D eigenvalue weighted by atomic mass is 19.1. The minimum Gasteiger partial charge on any atom is -0.500 e. The molecule has 0 heterocycles. The summed E-state index contributed by atoms with van der Waals surface area (Å²) in [6.45, 7) is 0.488. The van der Waals surface area contributed by atoms with Gasteiger partial charge in [-0.2, -0.15) is 0 Å². The molecule has 4 rings (SSSR count). The lowest BCUT2D eigenvalue weighted by molar-refractivity contribution is -0.386. The Morgan fingerprint density at radius 2 is 1.76 bits per heavy atom. The molecule has 0 aromatic heterocycles. The van der Waals surface area contributed by atoms with Crippen molar-refractivity contribution in [1.29, 1.82) is 0 Å². The molecule has 1 amide bonds. The molecule has 0 spiro atoms. The zero-order chi connectivity index (χ0) is 23.4. The number of phenolic OH excluding ortho intramolecular Hbond substituents is 1. The number of carbonyl (C=O) groups is 1. The molecule has 1 aliphatic carbocycles. The Bertz CT molecular complexity index is 1200. The third-order valence-corrected chi connectivity index (χ3v) is 5.50. The van der Waals surface area contributed by atoms with Crippen LogP contribution in [0.25, 0.3) is 17.2 Å². The van der Waals surface area contributed by atoms with Crippen LogP contribution in [-0.2, 0) is 4.74 Å². The van der Waals surface area contributed by atoms with Crippen LogP contribution < -0.4 is 5.32 Å². The third-order valence-electron chi connectivity index (χ3n) is 5.50. The largest absolute Gasteiger partial charge is 0.500 e. The second-order valence-corrected chi connectivity index (χ2v) is 7.57. The summed E-state index contributed by atoms with van der Waals surface area (Å²) in [5.74, 6) is -2.09. The van der Waals surface area contributed by atoms with Crippen molar-refractivity contribution >= 4 is 17.9 Å². The number of nitro benzene ring substituents is 1. The number of amides is 1. The molecule has 3 aromatic rings. The number of aromatic hydroxyl groups is 1. The number of benzene rings is 3. The summed E-state index contributed by atoms with van der Waals surface area (Å²) in [6, 6.07) is 18.2. The lowest BCUT2D eigenvalue weighted by Crippen LogP contribution is -2.26. The first-order valence-corrected chi connectivity index (χ1v) is 10.4. The quantitative estimate of drug-likeness (QED) is 0.287. The first kappa shape index (κ1) is 22.0. The molecule has 7 nitrogen and oxygen atoms in total. The van der Waals surface area contributed by atoms with Crippen molar-refractivity contribution < 1.29 is 24.0 Å². The van der Waals surface area contributed by atoms with Crippen molar-refractivity contribution in [1.82, 2.24) is 5.32 Å². The van der Waals surface area contributed by atoms with E-state index in [2.05, 4.69) is 17.4 Å². The number of halogens is 1. The van der Waals surface area contributed by atoms with Crippen molar-refractivity contribution in [3.63, 3.8) is 0 Å². The Kier molecular flexibility index (Phi) is 6.35. The van der Waals surface area contributed by atoms with E-state index in [1.807, 2.05) is 36.4 Å². The van der Waals surface area contributed by atoms with E-state index in [1.54, 1.807) is 6.08 Å². The number of rotatable bonds is 7. The molecule has 0 saturated carbocycles. The molecule has 0 atom stereocenters. The average Bonchev–Trinajstić information content (AvgIpc) is 3.13. The van der Waals surface area contributed by atoms with Gasteiger partial charge in [-0.1, -0.05) is 60.7 Å². The van der Waals surface area contributed by atoms with Crippen LogP contribution in [0.15, 0.2) is 66.7 Å². The van der Waals surface area contributed by atoms with Crippen LogP contribution in [-0.4, -0.2) is 29.3 Å². The molecule has 0 fully saturated rings. The van der Waals surface area contributed by atoms with Gasteiger partial charge in [-0.3, -0.25) is 10.1 Å². The maximum Gasteiger partial charge on any atom is 0.407 e. The van der Waals surface area contributed by atoms with E-state index in [4.69, 9.17) is 4.74 Å². The molecular weight excluding hydrogens is 427 g/mol. The van der Waals surface area contributed by atoms with Gasteiger partial charge < -0.3 is 15.2 Å². The van der Waals surface area contributed by atoms with Gasteiger partial charge in [-0.15, -0.1) is 0 Å². The molecule has 0 saturated heterocycles. The predicted molar refractivity (Wildman–Crippen MR) is 121 cm³/mol. The number of nitrogens with one attached hydrogen (secondary N) is 1. The Hall–Kier alpha value is -4.20. The fourth-order valence-electron chi connectivity index (χ4n) is 3.97. The van der Waals surface area contributed by atoms with Crippen molar-refractivity contribution in [3.8, 4) is 16.9 Å². The average molecular weight is 448 g/mol. The van der Waals surface area contributed by atoms with Crippen LogP contribution in [0.3, 0.4) is 0 Å². The summed E-state index contributed by atoms with van der Waals surface area (Å²) < 4.78 is 19.1. The van der Waals surface area contributed by atoms with Gasteiger partial charge in [0.1, 0.15) is 6.61 Å². The highest BCUT2D eigenvalue weighted by Crippen LogP contribution is 2.44. The number of carbonyl (C=O) groups excluding carboxylic acids is 1. The summed E-state index contributed by atoms with van der Waals surface area (Å²) >= 11 is 0. The maximum atomic E-state index is 13.6. The Morgan fingerprint density at radius 3 is 2.39 bits per heavy atom. The Balaban J connectivity index is 1.29. The van der Waals surface area contributed by atoms with Gasteiger partial charge in [-0.05, 0) is 40.3 Å². The van der Waals surface area contributed by atoms with E-state index in [0.29, 0.717) is 6.42 Å². The summed E-state index contributed by atoms with van der Waals surface area (Å²) in [5.41, 5.74) is 4.09. The molecule has 8 heteroatoms. The van der Waals surface area contributed by atoms with Crippen molar-refractivity contribution in [2.75, 3.05) is 13.2 Å². The summed E-state index contributed by atoms with van der Waals surface area (Å²) in [4.78, 5) is 22.2. The zero-order valence-corrected chi connectivity index (χ0v) is 17.5. The summed E-state index contributed by atoms with van der Waals surface area (Å²) in [7, 11) is 0. The Morgan fingerprint density at radius 1 is 1.12 bits per heavy atom. The lowest BCUT2D eigenvalue weighted by Gasteiger charge is -2.14. The molecule has 0 aliphatic heterocycles. The first-order valence-electron chi connectivity index (χ1n) is 10.4. The maximum absolute atomic E-state index is 13.6. The first-order chi connectivity index (χ1) is 16.0. The minimum atomic E-state index is -1.07. The zero-order valence-electron chi connectivity index (χ0n) is 17.5. The van der Waals surface area contributed by atoms with Gasteiger partial charge in [0.05, 0.1) is 4.92 Å². The minimum absolute atomic E-state index is 0.0248. The smallest absolute Gasteiger partial charge is 0.407 e. The van der Waals surface area contributed by atoms with E-state index in [1.165, 1.54) is 6.08 Å². The van der Waals surface area contributed by atoms with E-state index >= 15 is 0 Å². The van der Waals surface area contributed by atoms with E-state index in [-0.39, 0.29) is 24.6 Å².